The molecule has 2 aromatic rings. The number of fused-ring (bicyclic) bond motifs is 1. The van der Waals surface area contributed by atoms with Crippen LogP contribution >= 0.6 is 0 Å². The molecule has 6 heteroatoms. The fourth-order valence-corrected chi connectivity index (χ4v) is 3.26. The number of amides is 2. The molecule has 0 aromatic heterocycles. The van der Waals surface area contributed by atoms with Crippen LogP contribution in [0.3, 0.4) is 0 Å². The van der Waals surface area contributed by atoms with E-state index in [1.807, 2.05) is 30.3 Å². The third kappa shape index (κ3) is 4.33. The smallest absolute Gasteiger partial charge is 0.225 e. The quantitative estimate of drug-likeness (QED) is 0.714. The highest BCUT2D eigenvalue weighted by molar-refractivity contribution is 5.98. The Labute approximate surface area is 163 Å². The summed E-state index contributed by atoms with van der Waals surface area (Å²) in [6, 6.07) is 11.3. The first-order chi connectivity index (χ1) is 13.5. The van der Waals surface area contributed by atoms with Crippen LogP contribution in [0.2, 0.25) is 0 Å². The Bertz CT molecular complexity index is 955. The van der Waals surface area contributed by atoms with E-state index in [-0.39, 0.29) is 24.3 Å². The van der Waals surface area contributed by atoms with Crippen molar-refractivity contribution in [2.75, 3.05) is 24.4 Å². The summed E-state index contributed by atoms with van der Waals surface area (Å²) in [7, 11) is 1.52. The van der Waals surface area contributed by atoms with Crippen molar-refractivity contribution in [3.63, 3.8) is 0 Å². The van der Waals surface area contributed by atoms with Crippen LogP contribution in [0, 0.1) is 11.8 Å². The van der Waals surface area contributed by atoms with Gasteiger partial charge in [0, 0.05) is 43.0 Å². The van der Waals surface area contributed by atoms with Crippen LogP contribution in [0.5, 0.6) is 5.75 Å². The average molecular weight is 378 g/mol. The summed E-state index contributed by atoms with van der Waals surface area (Å²) in [6.07, 6.45) is 0.750. The van der Waals surface area contributed by atoms with E-state index in [1.54, 1.807) is 6.07 Å². The average Bonchev–Trinajstić information content (AvgIpc) is 2.67. The second kappa shape index (κ2) is 8.59. The summed E-state index contributed by atoms with van der Waals surface area (Å²) in [5.41, 5.74) is 4.01. The Morgan fingerprint density at radius 2 is 2.07 bits per heavy atom. The highest BCUT2D eigenvalue weighted by Gasteiger charge is 2.28. The molecule has 0 spiro atoms. The highest BCUT2D eigenvalue weighted by Crippen LogP contribution is 2.42. The standard InChI is InChI=1S/C22H22N2O4/c1-14(26)23-20-11-18-17(12-22(27)24-19(18)13-21(20)28-2)16-8-6-15(7-9-16)5-3-4-10-25/h6-9,11,13,17,25H,4,10,12H2,1-2H3,(H,23,26)(H,24,27). The molecule has 1 aliphatic rings. The monoisotopic (exact) mass is 378 g/mol. The van der Waals surface area contributed by atoms with Crippen LogP contribution in [0.4, 0.5) is 11.4 Å². The van der Waals surface area contributed by atoms with Gasteiger partial charge in [-0.25, -0.2) is 0 Å². The molecule has 3 N–H and O–H groups in total. The molecule has 1 atom stereocenters. The number of benzene rings is 2. The minimum atomic E-state index is -0.194. The zero-order valence-electron chi connectivity index (χ0n) is 15.8. The zero-order chi connectivity index (χ0) is 20.1. The Kier molecular flexibility index (Phi) is 5.97. The summed E-state index contributed by atoms with van der Waals surface area (Å²) in [5, 5.41) is 14.5. The van der Waals surface area contributed by atoms with Crippen LogP contribution in [-0.2, 0) is 9.59 Å². The van der Waals surface area contributed by atoms with E-state index in [0.29, 0.717) is 30.0 Å². The van der Waals surface area contributed by atoms with Crippen molar-refractivity contribution in [2.45, 2.75) is 25.7 Å². The minimum absolute atomic E-state index is 0.0408. The number of anilines is 2. The second-order valence-corrected chi connectivity index (χ2v) is 6.52. The molecule has 0 bridgehead atoms. The number of ether oxygens (including phenoxy) is 1. The molecule has 1 heterocycles. The van der Waals surface area contributed by atoms with E-state index in [4.69, 9.17) is 9.84 Å². The molecule has 0 radical (unpaired) electrons. The summed E-state index contributed by atoms with van der Waals surface area (Å²) < 4.78 is 5.35. The van der Waals surface area contributed by atoms with Gasteiger partial charge in [0.2, 0.25) is 11.8 Å². The van der Waals surface area contributed by atoms with Gasteiger partial charge < -0.3 is 20.5 Å². The van der Waals surface area contributed by atoms with Crippen LogP contribution in [0.15, 0.2) is 36.4 Å². The Morgan fingerprint density at radius 3 is 2.71 bits per heavy atom. The first-order valence-electron chi connectivity index (χ1n) is 9.01. The molecule has 0 saturated carbocycles. The first-order valence-corrected chi connectivity index (χ1v) is 9.01. The number of carbonyl (C=O) groups excluding carboxylic acids is 2. The number of methoxy groups -OCH3 is 1. The van der Waals surface area contributed by atoms with E-state index >= 15 is 0 Å². The van der Waals surface area contributed by atoms with Crippen LogP contribution < -0.4 is 15.4 Å². The van der Waals surface area contributed by atoms with Gasteiger partial charge in [0.15, 0.2) is 0 Å². The van der Waals surface area contributed by atoms with Gasteiger partial charge in [-0.15, -0.1) is 0 Å². The maximum atomic E-state index is 12.2. The van der Waals surface area contributed by atoms with E-state index in [9.17, 15) is 9.59 Å². The number of aliphatic hydroxyl groups excluding tert-OH is 1. The molecule has 0 aliphatic carbocycles. The van der Waals surface area contributed by atoms with E-state index in [0.717, 1.165) is 16.7 Å². The lowest BCUT2D eigenvalue weighted by molar-refractivity contribution is -0.117. The normalized spacial score (nSPS) is 15.0. The number of hydrogen-bond donors (Lipinski definition) is 3. The molecule has 144 valence electrons. The lowest BCUT2D eigenvalue weighted by Crippen LogP contribution is -2.24. The lowest BCUT2D eigenvalue weighted by atomic mass is 9.84. The van der Waals surface area contributed by atoms with Gasteiger partial charge in [-0.1, -0.05) is 24.0 Å². The van der Waals surface area contributed by atoms with Gasteiger partial charge >= 0.3 is 0 Å². The van der Waals surface area contributed by atoms with Gasteiger partial charge in [0.25, 0.3) is 0 Å². The van der Waals surface area contributed by atoms with Crippen LogP contribution in [0.25, 0.3) is 0 Å². The highest BCUT2D eigenvalue weighted by atomic mass is 16.5. The maximum Gasteiger partial charge on any atom is 0.225 e. The van der Waals surface area contributed by atoms with Crippen molar-refractivity contribution in [3.05, 3.63) is 53.1 Å². The van der Waals surface area contributed by atoms with E-state index in [2.05, 4.69) is 22.5 Å². The van der Waals surface area contributed by atoms with Crippen molar-refractivity contribution >= 4 is 23.2 Å². The SMILES string of the molecule is COc1cc2c(cc1NC(C)=O)C(c1ccc(C#CCCO)cc1)CC(=O)N2. The number of hydrogen-bond acceptors (Lipinski definition) is 4. The molecular weight excluding hydrogens is 356 g/mol. The Morgan fingerprint density at radius 1 is 1.32 bits per heavy atom. The zero-order valence-corrected chi connectivity index (χ0v) is 15.8. The topological polar surface area (TPSA) is 87.7 Å². The van der Waals surface area contributed by atoms with Crippen LogP contribution in [0.1, 0.15) is 42.4 Å². The Hall–Kier alpha value is -3.30. The predicted octanol–water partition coefficient (Wildman–Crippen LogP) is 2.86. The fraction of sp³-hybridized carbons (Fsp3) is 0.273. The summed E-state index contributed by atoms with van der Waals surface area (Å²) in [5.74, 6) is 5.98. The molecular formula is C22H22N2O4. The number of aliphatic hydroxyl groups is 1. The van der Waals surface area contributed by atoms with Crippen molar-refractivity contribution in [1.82, 2.24) is 0 Å². The Balaban J connectivity index is 1.99. The maximum absolute atomic E-state index is 12.2. The fourth-order valence-electron chi connectivity index (χ4n) is 3.26. The third-order valence-electron chi connectivity index (χ3n) is 4.50. The van der Waals surface area contributed by atoms with Gasteiger partial charge in [0.1, 0.15) is 5.75 Å². The molecule has 0 saturated heterocycles. The summed E-state index contributed by atoms with van der Waals surface area (Å²) in [6.45, 7) is 1.48. The van der Waals surface area contributed by atoms with E-state index < -0.39 is 0 Å². The number of nitrogens with one attached hydrogen (secondary N) is 2. The van der Waals surface area contributed by atoms with Crippen molar-refractivity contribution in [1.29, 1.82) is 0 Å². The second-order valence-electron chi connectivity index (χ2n) is 6.52. The largest absolute Gasteiger partial charge is 0.494 e. The predicted molar refractivity (Wildman–Crippen MR) is 107 cm³/mol. The molecule has 28 heavy (non-hydrogen) atoms. The van der Waals surface area contributed by atoms with Gasteiger partial charge in [-0.05, 0) is 29.3 Å². The van der Waals surface area contributed by atoms with Crippen LogP contribution in [-0.4, -0.2) is 30.6 Å². The lowest BCUT2D eigenvalue weighted by Gasteiger charge is -2.27. The molecule has 2 aromatic carbocycles. The molecule has 3 rings (SSSR count). The van der Waals surface area contributed by atoms with E-state index in [1.165, 1.54) is 14.0 Å². The summed E-state index contributed by atoms with van der Waals surface area (Å²) >= 11 is 0. The van der Waals surface area contributed by atoms with Gasteiger partial charge in [0.05, 0.1) is 19.4 Å². The third-order valence-corrected chi connectivity index (χ3v) is 4.50. The molecule has 1 unspecified atom stereocenters. The van der Waals surface area contributed by atoms with Crippen molar-refractivity contribution in [2.24, 2.45) is 0 Å². The minimum Gasteiger partial charge on any atom is -0.494 e. The number of carbonyl (C=O) groups is 2. The first kappa shape index (κ1) is 19.5. The van der Waals surface area contributed by atoms with Gasteiger partial charge in [-0.2, -0.15) is 0 Å². The number of rotatable bonds is 4. The molecule has 0 fully saturated rings. The van der Waals surface area contributed by atoms with Crippen molar-refractivity contribution in [3.8, 4) is 17.6 Å². The van der Waals surface area contributed by atoms with Crippen molar-refractivity contribution < 1.29 is 19.4 Å². The molecule has 1 aliphatic heterocycles. The van der Waals surface area contributed by atoms with Gasteiger partial charge in [-0.3, -0.25) is 9.59 Å². The molecule has 6 nitrogen and oxygen atoms in total. The molecule has 2 amide bonds. The summed E-state index contributed by atoms with van der Waals surface area (Å²) in [4.78, 5) is 23.8.